The number of fused-ring (bicyclic) bond motifs is 1. The van der Waals surface area contributed by atoms with E-state index in [0.717, 1.165) is 5.56 Å². The quantitative estimate of drug-likeness (QED) is 0.745. The van der Waals surface area contributed by atoms with Gasteiger partial charge in [-0.15, -0.1) is 13.2 Å². The molecule has 0 unspecified atom stereocenters. The molecule has 0 aliphatic rings. The van der Waals surface area contributed by atoms with Crippen LogP contribution < -0.4 is 5.56 Å². The minimum absolute atomic E-state index is 0.0799. The van der Waals surface area contributed by atoms with Gasteiger partial charge in [-0.1, -0.05) is 12.2 Å². The lowest BCUT2D eigenvalue weighted by atomic mass is 10.3. The van der Waals surface area contributed by atoms with Crippen LogP contribution in [0.1, 0.15) is 5.56 Å². The van der Waals surface area contributed by atoms with Gasteiger partial charge in [0.05, 0.1) is 0 Å². The molecule has 0 radical (unpaired) electrons. The van der Waals surface area contributed by atoms with Gasteiger partial charge in [0.15, 0.2) is 0 Å². The molecule has 21 heavy (non-hydrogen) atoms. The van der Waals surface area contributed by atoms with Crippen LogP contribution in [0.5, 0.6) is 0 Å². The van der Waals surface area contributed by atoms with Gasteiger partial charge in [-0.25, -0.2) is 0 Å². The Hall–Kier alpha value is -2.63. The number of carbonyl (C=O) groups is 1. The van der Waals surface area contributed by atoms with Crippen molar-refractivity contribution in [2.45, 2.75) is 13.5 Å². The maximum Gasteiger partial charge on any atom is 0.273 e. The van der Waals surface area contributed by atoms with Crippen molar-refractivity contribution in [1.29, 1.82) is 0 Å². The largest absolute Gasteiger partial charge is 0.334 e. The van der Waals surface area contributed by atoms with Gasteiger partial charge in [0, 0.05) is 19.2 Å². The average Bonchev–Trinajstić information content (AvgIpc) is 2.82. The van der Waals surface area contributed by atoms with Gasteiger partial charge in [0.2, 0.25) is 5.91 Å². The van der Waals surface area contributed by atoms with Crippen molar-refractivity contribution in [3.05, 3.63) is 59.7 Å². The topological polar surface area (TPSA) is 59.6 Å². The van der Waals surface area contributed by atoms with Gasteiger partial charge in [-0.2, -0.15) is 9.61 Å². The fourth-order valence-corrected chi connectivity index (χ4v) is 2.13. The summed E-state index contributed by atoms with van der Waals surface area (Å²) >= 11 is 0. The number of aromatic nitrogens is 3. The lowest BCUT2D eigenvalue weighted by Crippen LogP contribution is -2.34. The van der Waals surface area contributed by atoms with E-state index in [1.165, 1.54) is 16.9 Å². The smallest absolute Gasteiger partial charge is 0.273 e. The Kier molecular flexibility index (Phi) is 4.37. The minimum Gasteiger partial charge on any atom is -0.334 e. The minimum atomic E-state index is -0.203. The van der Waals surface area contributed by atoms with Crippen LogP contribution in [0.15, 0.2) is 48.6 Å². The number of amides is 1. The molecule has 2 rings (SSSR count). The maximum absolute atomic E-state index is 12.3. The van der Waals surface area contributed by atoms with Crippen LogP contribution in [0, 0.1) is 6.92 Å². The van der Waals surface area contributed by atoms with Crippen LogP contribution in [0.4, 0.5) is 0 Å². The zero-order valence-corrected chi connectivity index (χ0v) is 12.0. The number of hydrogen-bond acceptors (Lipinski definition) is 3. The summed E-state index contributed by atoms with van der Waals surface area (Å²) in [5, 5.41) is 4.02. The Morgan fingerprint density at radius 2 is 2.00 bits per heavy atom. The Morgan fingerprint density at radius 1 is 1.33 bits per heavy atom. The van der Waals surface area contributed by atoms with Crippen molar-refractivity contribution >= 4 is 11.6 Å². The van der Waals surface area contributed by atoms with Gasteiger partial charge >= 0.3 is 0 Å². The second kappa shape index (κ2) is 6.21. The first kappa shape index (κ1) is 14.8. The highest BCUT2D eigenvalue weighted by molar-refractivity contribution is 5.77. The monoisotopic (exact) mass is 286 g/mol. The van der Waals surface area contributed by atoms with Crippen molar-refractivity contribution in [3.8, 4) is 0 Å². The predicted molar refractivity (Wildman–Crippen MR) is 81.2 cm³/mol. The normalized spacial score (nSPS) is 10.5. The van der Waals surface area contributed by atoms with E-state index in [1.807, 2.05) is 13.0 Å². The van der Waals surface area contributed by atoms with Crippen molar-refractivity contribution < 1.29 is 4.79 Å². The molecule has 0 spiro atoms. The third-order valence-corrected chi connectivity index (χ3v) is 3.09. The van der Waals surface area contributed by atoms with Gasteiger partial charge < -0.3 is 9.47 Å². The summed E-state index contributed by atoms with van der Waals surface area (Å²) in [5.74, 6) is -0.0799. The molecule has 0 saturated carbocycles. The summed E-state index contributed by atoms with van der Waals surface area (Å²) in [7, 11) is 0. The molecule has 0 atom stereocenters. The van der Waals surface area contributed by atoms with E-state index in [4.69, 9.17) is 0 Å². The third-order valence-electron chi connectivity index (χ3n) is 3.09. The summed E-state index contributed by atoms with van der Waals surface area (Å²) in [6.45, 7) is 10.1. The van der Waals surface area contributed by atoms with E-state index in [-0.39, 0.29) is 18.0 Å². The van der Waals surface area contributed by atoms with Crippen LogP contribution in [0.25, 0.3) is 5.65 Å². The molecule has 2 aromatic heterocycles. The number of hydrogen-bond donors (Lipinski definition) is 0. The maximum atomic E-state index is 12.3. The van der Waals surface area contributed by atoms with Crippen molar-refractivity contribution in [2.24, 2.45) is 0 Å². The SMILES string of the molecule is C=CCN(CC=C)C(=O)Cn1cnn2c(=O)cc(C)cc12. The van der Waals surface area contributed by atoms with Crippen molar-refractivity contribution in [2.75, 3.05) is 13.1 Å². The van der Waals surface area contributed by atoms with Gasteiger partial charge in [0.1, 0.15) is 18.5 Å². The Balaban J connectivity index is 2.31. The second-order valence-corrected chi connectivity index (χ2v) is 4.78. The number of carbonyl (C=O) groups excluding carboxylic acids is 1. The molecule has 2 heterocycles. The van der Waals surface area contributed by atoms with E-state index in [2.05, 4.69) is 18.3 Å². The molecule has 0 aliphatic carbocycles. The number of nitrogens with zero attached hydrogens (tertiary/aromatic N) is 4. The molecular weight excluding hydrogens is 268 g/mol. The summed E-state index contributed by atoms with van der Waals surface area (Å²) in [6.07, 6.45) is 4.83. The van der Waals surface area contributed by atoms with Crippen LogP contribution in [-0.2, 0) is 11.3 Å². The number of aryl methyl sites for hydroxylation is 1. The Labute approximate surface area is 122 Å². The molecule has 0 aliphatic heterocycles. The van der Waals surface area contributed by atoms with Gasteiger partial charge in [-0.3, -0.25) is 9.59 Å². The summed E-state index contributed by atoms with van der Waals surface area (Å²) in [5.41, 5.74) is 1.24. The van der Waals surface area contributed by atoms with Crippen LogP contribution in [0.3, 0.4) is 0 Å². The molecule has 0 saturated heterocycles. The van der Waals surface area contributed by atoms with E-state index in [0.29, 0.717) is 18.7 Å². The van der Waals surface area contributed by atoms with Crippen LogP contribution in [0.2, 0.25) is 0 Å². The van der Waals surface area contributed by atoms with Gasteiger partial charge in [0.25, 0.3) is 5.56 Å². The molecule has 0 bridgehead atoms. The van der Waals surface area contributed by atoms with Gasteiger partial charge in [-0.05, 0) is 18.6 Å². The number of rotatable bonds is 6. The molecule has 0 aromatic carbocycles. The van der Waals surface area contributed by atoms with Crippen molar-refractivity contribution in [3.63, 3.8) is 0 Å². The Bertz CT molecular complexity index is 732. The highest BCUT2D eigenvalue weighted by Gasteiger charge is 2.13. The summed E-state index contributed by atoms with van der Waals surface area (Å²) in [4.78, 5) is 25.7. The average molecular weight is 286 g/mol. The van der Waals surface area contributed by atoms with Crippen LogP contribution in [-0.4, -0.2) is 38.1 Å². The molecular formula is C15H18N4O2. The molecule has 0 N–H and O–H groups in total. The first-order valence-electron chi connectivity index (χ1n) is 6.61. The Morgan fingerprint density at radius 3 is 2.62 bits per heavy atom. The fourth-order valence-electron chi connectivity index (χ4n) is 2.13. The lowest BCUT2D eigenvalue weighted by molar-refractivity contribution is -0.130. The molecule has 110 valence electrons. The molecule has 2 aromatic rings. The van der Waals surface area contributed by atoms with E-state index >= 15 is 0 Å². The highest BCUT2D eigenvalue weighted by Crippen LogP contribution is 2.05. The standard InChI is InChI=1S/C15H18N4O2/c1-4-6-17(7-5-2)15(21)10-18-11-16-19-13(18)8-12(3)9-14(19)20/h4-5,8-9,11H,1-2,6-7,10H2,3H3. The van der Waals surface area contributed by atoms with E-state index in [1.54, 1.807) is 21.6 Å². The molecule has 1 amide bonds. The van der Waals surface area contributed by atoms with E-state index < -0.39 is 0 Å². The van der Waals surface area contributed by atoms with E-state index in [9.17, 15) is 9.59 Å². The first-order valence-corrected chi connectivity index (χ1v) is 6.61. The fraction of sp³-hybridized carbons (Fsp3) is 0.267. The molecule has 6 nitrogen and oxygen atoms in total. The number of pyridine rings is 1. The summed E-state index contributed by atoms with van der Waals surface area (Å²) < 4.78 is 2.95. The van der Waals surface area contributed by atoms with Crippen LogP contribution >= 0.6 is 0 Å². The molecule has 6 heteroatoms. The second-order valence-electron chi connectivity index (χ2n) is 4.78. The van der Waals surface area contributed by atoms with Crippen molar-refractivity contribution in [1.82, 2.24) is 19.1 Å². The first-order chi connectivity index (χ1) is 10.1. The zero-order valence-electron chi connectivity index (χ0n) is 12.0. The predicted octanol–water partition coefficient (Wildman–Crippen LogP) is 1.01. The molecule has 0 fully saturated rings. The lowest BCUT2D eigenvalue weighted by Gasteiger charge is -2.19. The zero-order chi connectivity index (χ0) is 15.4. The highest BCUT2D eigenvalue weighted by atomic mass is 16.2. The summed E-state index contributed by atoms with van der Waals surface area (Å²) in [6, 6.07) is 3.33. The third kappa shape index (κ3) is 3.10.